The average molecular weight is 291 g/mol. The molecule has 2 atom stereocenters. The molecule has 0 fully saturated rings. The molecule has 3 nitrogen and oxygen atoms in total. The zero-order chi connectivity index (χ0) is 14.5. The standard InChI is InChI=1S/C16H21NO2S/c1-3-12(13-6-14(18)8-15(19)7-13)10-20-16-5-4-11(2)9-17-16/h4-5,8-9,12-13,18H,3,6-7,10H2,1-2H3. The van der Waals surface area contributed by atoms with Gasteiger partial charge in [-0.25, -0.2) is 4.98 Å². The summed E-state index contributed by atoms with van der Waals surface area (Å²) >= 11 is 1.73. The maximum absolute atomic E-state index is 11.6. The van der Waals surface area contributed by atoms with Gasteiger partial charge < -0.3 is 5.11 Å². The van der Waals surface area contributed by atoms with E-state index in [0.717, 1.165) is 22.8 Å². The van der Waals surface area contributed by atoms with Gasteiger partial charge in [0.05, 0.1) is 10.8 Å². The number of carbonyl (C=O) groups excluding carboxylic acids is 1. The Labute approximate surface area is 124 Å². The first-order valence-electron chi connectivity index (χ1n) is 7.06. The summed E-state index contributed by atoms with van der Waals surface area (Å²) in [5.41, 5.74) is 1.16. The van der Waals surface area contributed by atoms with E-state index in [9.17, 15) is 9.90 Å². The monoisotopic (exact) mass is 291 g/mol. The second-order valence-corrected chi connectivity index (χ2v) is 6.46. The zero-order valence-electron chi connectivity index (χ0n) is 12.0. The largest absolute Gasteiger partial charge is 0.512 e. The van der Waals surface area contributed by atoms with Crippen molar-refractivity contribution in [3.8, 4) is 0 Å². The van der Waals surface area contributed by atoms with Crippen LogP contribution in [0, 0.1) is 18.8 Å². The van der Waals surface area contributed by atoms with Gasteiger partial charge in [0.15, 0.2) is 5.78 Å². The van der Waals surface area contributed by atoms with Gasteiger partial charge in [-0.15, -0.1) is 11.8 Å². The van der Waals surface area contributed by atoms with Crippen LogP contribution in [0.4, 0.5) is 0 Å². The molecule has 2 unspecified atom stereocenters. The molecule has 0 amide bonds. The number of pyridine rings is 1. The van der Waals surface area contributed by atoms with Crippen molar-refractivity contribution in [2.24, 2.45) is 11.8 Å². The summed E-state index contributed by atoms with van der Waals surface area (Å²) in [6.07, 6.45) is 5.46. The Morgan fingerprint density at radius 3 is 2.85 bits per heavy atom. The van der Waals surface area contributed by atoms with Gasteiger partial charge >= 0.3 is 0 Å². The van der Waals surface area contributed by atoms with Gasteiger partial charge in [0, 0.05) is 30.9 Å². The molecule has 0 aromatic carbocycles. The predicted octanol–water partition coefficient (Wildman–Crippen LogP) is 3.93. The molecular weight excluding hydrogens is 270 g/mol. The molecule has 0 aliphatic heterocycles. The number of hydrogen-bond donors (Lipinski definition) is 1. The van der Waals surface area contributed by atoms with Gasteiger partial charge in [-0.2, -0.15) is 0 Å². The Balaban J connectivity index is 1.94. The number of aliphatic hydroxyl groups excluding tert-OH is 1. The summed E-state index contributed by atoms with van der Waals surface area (Å²) in [6, 6.07) is 4.10. The molecule has 0 bridgehead atoms. The molecule has 1 aliphatic rings. The number of ketones is 1. The van der Waals surface area contributed by atoms with Crippen LogP contribution in [0.5, 0.6) is 0 Å². The van der Waals surface area contributed by atoms with Crippen LogP contribution < -0.4 is 0 Å². The minimum absolute atomic E-state index is 0.0515. The number of allylic oxidation sites excluding steroid dienone is 2. The Hall–Kier alpha value is -1.29. The summed E-state index contributed by atoms with van der Waals surface area (Å²) < 4.78 is 0. The second kappa shape index (κ2) is 6.93. The van der Waals surface area contributed by atoms with Crippen molar-refractivity contribution in [3.63, 3.8) is 0 Å². The van der Waals surface area contributed by atoms with Crippen molar-refractivity contribution in [1.82, 2.24) is 4.98 Å². The predicted molar refractivity (Wildman–Crippen MR) is 81.9 cm³/mol. The summed E-state index contributed by atoms with van der Waals surface area (Å²) in [4.78, 5) is 16.0. The van der Waals surface area contributed by atoms with Crippen molar-refractivity contribution in [2.75, 3.05) is 5.75 Å². The van der Waals surface area contributed by atoms with E-state index in [0.29, 0.717) is 18.8 Å². The number of aromatic nitrogens is 1. The van der Waals surface area contributed by atoms with Gasteiger partial charge in [0.2, 0.25) is 0 Å². The summed E-state index contributed by atoms with van der Waals surface area (Å²) in [5, 5.41) is 10.7. The van der Waals surface area contributed by atoms with Gasteiger partial charge in [-0.1, -0.05) is 19.4 Å². The Morgan fingerprint density at radius 1 is 1.45 bits per heavy atom. The number of aryl methyl sites for hydroxylation is 1. The fourth-order valence-electron chi connectivity index (χ4n) is 2.56. The fraction of sp³-hybridized carbons (Fsp3) is 0.500. The Kier molecular flexibility index (Phi) is 5.24. The molecule has 1 heterocycles. The topological polar surface area (TPSA) is 50.2 Å². The van der Waals surface area contributed by atoms with E-state index in [4.69, 9.17) is 0 Å². The SMILES string of the molecule is CCC(CSc1ccc(C)cn1)C1CC(=O)C=C(O)C1. The highest BCUT2D eigenvalue weighted by Crippen LogP contribution is 2.33. The van der Waals surface area contributed by atoms with Gasteiger partial charge in [0.25, 0.3) is 0 Å². The number of thioether (sulfide) groups is 1. The van der Waals surface area contributed by atoms with E-state index < -0.39 is 0 Å². The maximum Gasteiger partial charge on any atom is 0.159 e. The molecule has 108 valence electrons. The van der Waals surface area contributed by atoms with Gasteiger partial charge in [0.1, 0.15) is 0 Å². The Bertz CT molecular complexity index is 496. The lowest BCUT2D eigenvalue weighted by atomic mass is 9.81. The van der Waals surface area contributed by atoms with Crippen molar-refractivity contribution >= 4 is 17.5 Å². The quantitative estimate of drug-likeness (QED) is 0.835. The highest BCUT2D eigenvalue weighted by molar-refractivity contribution is 7.99. The van der Waals surface area contributed by atoms with Crippen molar-refractivity contribution in [3.05, 3.63) is 35.7 Å². The lowest BCUT2D eigenvalue weighted by Gasteiger charge is -2.27. The maximum atomic E-state index is 11.6. The minimum atomic E-state index is 0.0515. The normalized spacial score (nSPS) is 20.6. The third-order valence-corrected chi connectivity index (χ3v) is 4.91. The molecule has 0 saturated carbocycles. The molecule has 0 saturated heterocycles. The van der Waals surface area contributed by atoms with E-state index in [1.165, 1.54) is 6.08 Å². The lowest BCUT2D eigenvalue weighted by molar-refractivity contribution is -0.116. The highest BCUT2D eigenvalue weighted by atomic mass is 32.2. The fourth-order valence-corrected chi connectivity index (χ4v) is 3.74. The summed E-state index contributed by atoms with van der Waals surface area (Å²) in [5.74, 6) is 1.93. The number of carbonyl (C=O) groups is 1. The van der Waals surface area contributed by atoms with Crippen LogP contribution in [-0.4, -0.2) is 21.6 Å². The van der Waals surface area contributed by atoms with Crippen LogP contribution in [0.1, 0.15) is 31.7 Å². The highest BCUT2D eigenvalue weighted by Gasteiger charge is 2.27. The van der Waals surface area contributed by atoms with E-state index >= 15 is 0 Å². The third-order valence-electron chi connectivity index (χ3n) is 3.78. The number of aliphatic hydroxyl groups is 1. The van der Waals surface area contributed by atoms with Crippen LogP contribution in [0.25, 0.3) is 0 Å². The third kappa shape index (κ3) is 4.10. The lowest BCUT2D eigenvalue weighted by Crippen LogP contribution is -2.23. The van der Waals surface area contributed by atoms with Crippen molar-refractivity contribution < 1.29 is 9.90 Å². The van der Waals surface area contributed by atoms with Crippen LogP contribution >= 0.6 is 11.8 Å². The van der Waals surface area contributed by atoms with Crippen LogP contribution in [0.2, 0.25) is 0 Å². The molecular formula is C16H21NO2S. The van der Waals surface area contributed by atoms with Crippen LogP contribution in [0.15, 0.2) is 35.2 Å². The first-order valence-corrected chi connectivity index (χ1v) is 8.05. The van der Waals surface area contributed by atoms with E-state index in [2.05, 4.69) is 18.0 Å². The van der Waals surface area contributed by atoms with E-state index in [1.807, 2.05) is 19.2 Å². The molecule has 0 radical (unpaired) electrons. The number of rotatable bonds is 5. The molecule has 1 aromatic rings. The molecule has 4 heteroatoms. The van der Waals surface area contributed by atoms with Gasteiger partial charge in [-0.05, 0) is 30.4 Å². The molecule has 2 rings (SSSR count). The smallest absolute Gasteiger partial charge is 0.159 e. The average Bonchev–Trinajstić information content (AvgIpc) is 2.40. The van der Waals surface area contributed by atoms with Crippen molar-refractivity contribution in [2.45, 2.75) is 38.1 Å². The van der Waals surface area contributed by atoms with Crippen molar-refractivity contribution in [1.29, 1.82) is 0 Å². The zero-order valence-corrected chi connectivity index (χ0v) is 12.8. The Morgan fingerprint density at radius 2 is 2.25 bits per heavy atom. The first-order chi connectivity index (χ1) is 9.58. The molecule has 1 N–H and O–H groups in total. The van der Waals surface area contributed by atoms with E-state index in [-0.39, 0.29) is 17.5 Å². The van der Waals surface area contributed by atoms with Crippen LogP contribution in [0.3, 0.4) is 0 Å². The van der Waals surface area contributed by atoms with Gasteiger partial charge in [-0.3, -0.25) is 4.79 Å². The first kappa shape index (κ1) is 15.1. The van der Waals surface area contributed by atoms with Crippen LogP contribution in [-0.2, 0) is 4.79 Å². The minimum Gasteiger partial charge on any atom is -0.512 e. The molecule has 0 spiro atoms. The molecule has 20 heavy (non-hydrogen) atoms. The molecule has 1 aromatic heterocycles. The summed E-state index contributed by atoms with van der Waals surface area (Å²) in [6.45, 7) is 4.17. The second-order valence-electron chi connectivity index (χ2n) is 5.42. The molecule has 1 aliphatic carbocycles. The van der Waals surface area contributed by atoms with E-state index in [1.54, 1.807) is 11.8 Å². The number of nitrogens with zero attached hydrogens (tertiary/aromatic N) is 1. The summed E-state index contributed by atoms with van der Waals surface area (Å²) in [7, 11) is 0. The number of hydrogen-bond acceptors (Lipinski definition) is 4.